The van der Waals surface area contributed by atoms with Crippen LogP contribution in [0.3, 0.4) is 0 Å². The molecule has 0 N–H and O–H groups in total. The number of aromatic nitrogens is 1. The standard InChI is InChI=1S/C19H19BrN2O/c1-22-9-6-13(7-10-22)18-16-5-4-15(20)11-17(16)23-12-14-3-2-8-21-19(14)18/h2-5,8,11H,6-7,9-10,12H2,1H3. The lowest BCUT2D eigenvalue weighted by atomic mass is 9.89. The Morgan fingerprint density at radius 2 is 2.00 bits per heavy atom. The lowest BCUT2D eigenvalue weighted by molar-refractivity contribution is 0.306. The number of pyridine rings is 1. The third-order valence-electron chi connectivity index (χ3n) is 4.67. The van der Waals surface area contributed by atoms with E-state index in [1.807, 2.05) is 12.3 Å². The van der Waals surface area contributed by atoms with Gasteiger partial charge >= 0.3 is 0 Å². The molecule has 0 spiro atoms. The van der Waals surface area contributed by atoms with Gasteiger partial charge in [-0.2, -0.15) is 0 Å². The first-order valence-electron chi connectivity index (χ1n) is 8.00. The molecule has 118 valence electrons. The predicted octanol–water partition coefficient (Wildman–Crippen LogP) is 4.26. The van der Waals surface area contributed by atoms with Crippen LogP contribution in [0.1, 0.15) is 29.7 Å². The third kappa shape index (κ3) is 2.81. The number of hydrogen-bond acceptors (Lipinski definition) is 3. The minimum absolute atomic E-state index is 0.573. The Kier molecular flexibility index (Phi) is 3.95. The van der Waals surface area contributed by atoms with Gasteiger partial charge in [-0.15, -0.1) is 0 Å². The van der Waals surface area contributed by atoms with Crippen molar-refractivity contribution in [1.29, 1.82) is 0 Å². The van der Waals surface area contributed by atoms with Gasteiger partial charge in [-0.05, 0) is 44.2 Å². The van der Waals surface area contributed by atoms with Gasteiger partial charge in [-0.1, -0.05) is 27.6 Å². The number of rotatable bonds is 0. The van der Waals surface area contributed by atoms with Crippen LogP contribution in [0.2, 0.25) is 0 Å². The Hall–Kier alpha value is -1.65. The molecule has 1 aromatic heterocycles. The monoisotopic (exact) mass is 370 g/mol. The maximum Gasteiger partial charge on any atom is 0.128 e. The van der Waals surface area contributed by atoms with Crippen molar-refractivity contribution >= 4 is 21.5 Å². The molecule has 1 saturated heterocycles. The van der Waals surface area contributed by atoms with Crippen LogP contribution < -0.4 is 4.74 Å². The normalized spacial score (nSPS) is 18.0. The largest absolute Gasteiger partial charge is 0.488 e. The van der Waals surface area contributed by atoms with E-state index in [2.05, 4.69) is 52.1 Å². The Labute approximate surface area is 145 Å². The molecule has 2 aromatic rings. The molecule has 0 aliphatic carbocycles. The minimum atomic E-state index is 0.573. The second-order valence-electron chi connectivity index (χ2n) is 6.22. The summed E-state index contributed by atoms with van der Waals surface area (Å²) >= 11 is 3.56. The summed E-state index contributed by atoms with van der Waals surface area (Å²) in [5.41, 5.74) is 6.21. The van der Waals surface area contributed by atoms with Gasteiger partial charge in [-0.25, -0.2) is 0 Å². The first kappa shape index (κ1) is 14.9. The van der Waals surface area contributed by atoms with E-state index in [-0.39, 0.29) is 0 Å². The van der Waals surface area contributed by atoms with Crippen LogP contribution in [0.15, 0.2) is 46.6 Å². The zero-order valence-corrected chi connectivity index (χ0v) is 14.8. The molecular formula is C19H19BrN2O. The quantitative estimate of drug-likeness (QED) is 0.692. The van der Waals surface area contributed by atoms with E-state index in [0.717, 1.165) is 41.8 Å². The van der Waals surface area contributed by atoms with E-state index in [0.29, 0.717) is 6.61 Å². The van der Waals surface area contributed by atoms with E-state index in [1.165, 1.54) is 22.3 Å². The number of ether oxygens (including phenoxy) is 1. The molecule has 23 heavy (non-hydrogen) atoms. The Morgan fingerprint density at radius 1 is 1.17 bits per heavy atom. The van der Waals surface area contributed by atoms with Gasteiger partial charge < -0.3 is 9.64 Å². The zero-order valence-electron chi connectivity index (χ0n) is 13.2. The number of hydrogen-bond donors (Lipinski definition) is 0. The fraction of sp³-hybridized carbons (Fsp3) is 0.316. The highest BCUT2D eigenvalue weighted by molar-refractivity contribution is 9.10. The molecule has 0 bridgehead atoms. The number of piperidine rings is 1. The van der Waals surface area contributed by atoms with Crippen molar-refractivity contribution in [2.24, 2.45) is 0 Å². The predicted molar refractivity (Wildman–Crippen MR) is 95.5 cm³/mol. The molecule has 0 atom stereocenters. The molecule has 0 amide bonds. The summed E-state index contributed by atoms with van der Waals surface area (Å²) in [6.45, 7) is 2.78. The van der Waals surface area contributed by atoms with Crippen molar-refractivity contribution in [2.45, 2.75) is 19.4 Å². The van der Waals surface area contributed by atoms with Gasteiger partial charge in [0.05, 0.1) is 5.69 Å². The molecular weight excluding hydrogens is 352 g/mol. The molecule has 4 rings (SSSR count). The molecule has 0 unspecified atom stereocenters. The van der Waals surface area contributed by atoms with Gasteiger partial charge in [0.1, 0.15) is 12.4 Å². The highest BCUT2D eigenvalue weighted by Gasteiger charge is 2.25. The van der Waals surface area contributed by atoms with Crippen molar-refractivity contribution < 1.29 is 4.74 Å². The number of fused-ring (bicyclic) bond motifs is 2. The molecule has 2 aliphatic rings. The van der Waals surface area contributed by atoms with Crippen LogP contribution in [0, 0.1) is 0 Å². The summed E-state index contributed by atoms with van der Waals surface area (Å²) in [5.74, 6) is 0.943. The highest BCUT2D eigenvalue weighted by Crippen LogP contribution is 2.40. The molecule has 0 saturated carbocycles. The van der Waals surface area contributed by atoms with Crippen LogP contribution in [0.4, 0.5) is 0 Å². The van der Waals surface area contributed by atoms with Crippen molar-refractivity contribution in [2.75, 3.05) is 20.1 Å². The lowest BCUT2D eigenvalue weighted by Crippen LogP contribution is -2.27. The molecule has 1 aromatic carbocycles. The number of halogens is 1. The summed E-state index contributed by atoms with van der Waals surface area (Å²) in [6, 6.07) is 10.4. The van der Waals surface area contributed by atoms with Crippen molar-refractivity contribution in [3.05, 3.63) is 63.4 Å². The molecule has 0 radical (unpaired) electrons. The number of likely N-dealkylation sites (tertiary alicyclic amines) is 1. The smallest absolute Gasteiger partial charge is 0.128 e. The molecule has 3 heterocycles. The summed E-state index contributed by atoms with van der Waals surface area (Å²) < 4.78 is 7.13. The van der Waals surface area contributed by atoms with Crippen LogP contribution >= 0.6 is 15.9 Å². The van der Waals surface area contributed by atoms with Crippen LogP contribution in [0.25, 0.3) is 5.57 Å². The maximum atomic E-state index is 6.08. The average Bonchev–Trinajstić information content (AvgIpc) is 2.72. The number of benzene rings is 1. The van der Waals surface area contributed by atoms with E-state index >= 15 is 0 Å². The van der Waals surface area contributed by atoms with Crippen LogP contribution in [0.5, 0.6) is 5.75 Å². The second kappa shape index (κ2) is 6.10. The Morgan fingerprint density at radius 3 is 2.83 bits per heavy atom. The molecule has 2 aliphatic heterocycles. The summed E-state index contributed by atoms with van der Waals surface area (Å²) in [7, 11) is 2.19. The van der Waals surface area contributed by atoms with Gasteiger partial charge in [0.15, 0.2) is 0 Å². The maximum absolute atomic E-state index is 6.08. The van der Waals surface area contributed by atoms with E-state index in [4.69, 9.17) is 9.72 Å². The third-order valence-corrected chi connectivity index (χ3v) is 5.16. The average molecular weight is 371 g/mol. The second-order valence-corrected chi connectivity index (χ2v) is 7.14. The first-order chi connectivity index (χ1) is 11.2. The lowest BCUT2D eigenvalue weighted by Gasteiger charge is -2.26. The first-order valence-corrected chi connectivity index (χ1v) is 8.79. The SMILES string of the molecule is CN1CCC(=C2c3ccc(Br)cc3OCc3cccnc32)CC1. The van der Waals surface area contributed by atoms with Gasteiger partial charge in [0, 0.05) is 40.5 Å². The summed E-state index contributed by atoms with van der Waals surface area (Å²) in [5, 5.41) is 0. The van der Waals surface area contributed by atoms with Crippen LogP contribution in [-0.2, 0) is 6.61 Å². The Balaban J connectivity index is 1.94. The van der Waals surface area contributed by atoms with Crippen molar-refractivity contribution in [1.82, 2.24) is 9.88 Å². The van der Waals surface area contributed by atoms with Crippen LogP contribution in [-0.4, -0.2) is 30.0 Å². The van der Waals surface area contributed by atoms with Gasteiger partial charge in [0.2, 0.25) is 0 Å². The molecule has 4 heteroatoms. The molecule has 1 fully saturated rings. The summed E-state index contributed by atoms with van der Waals surface area (Å²) in [6.07, 6.45) is 4.08. The molecule has 3 nitrogen and oxygen atoms in total. The fourth-order valence-corrected chi connectivity index (χ4v) is 3.72. The van der Waals surface area contributed by atoms with Crippen molar-refractivity contribution in [3.63, 3.8) is 0 Å². The highest BCUT2D eigenvalue weighted by atomic mass is 79.9. The van der Waals surface area contributed by atoms with E-state index in [1.54, 1.807) is 0 Å². The zero-order chi connectivity index (χ0) is 15.8. The van der Waals surface area contributed by atoms with Gasteiger partial charge in [-0.3, -0.25) is 4.98 Å². The summed E-state index contributed by atoms with van der Waals surface area (Å²) in [4.78, 5) is 7.10. The minimum Gasteiger partial charge on any atom is -0.488 e. The Bertz CT molecular complexity index is 775. The number of nitrogens with zero attached hydrogens (tertiary/aromatic N) is 2. The van der Waals surface area contributed by atoms with E-state index in [9.17, 15) is 0 Å². The van der Waals surface area contributed by atoms with Crippen molar-refractivity contribution in [3.8, 4) is 5.75 Å². The topological polar surface area (TPSA) is 25.4 Å². The van der Waals surface area contributed by atoms with E-state index < -0.39 is 0 Å². The van der Waals surface area contributed by atoms with Gasteiger partial charge in [0.25, 0.3) is 0 Å². The fourth-order valence-electron chi connectivity index (χ4n) is 3.38.